The molecule has 0 aliphatic heterocycles. The van der Waals surface area contributed by atoms with Gasteiger partial charge in [0.1, 0.15) is 23.5 Å². The zero-order valence-electron chi connectivity index (χ0n) is 8.24. The molecule has 0 bridgehead atoms. The van der Waals surface area contributed by atoms with Crippen LogP contribution in [0.5, 0.6) is 0 Å². The zero-order valence-corrected chi connectivity index (χ0v) is 9.75. The second-order valence-corrected chi connectivity index (χ2v) is 3.71. The Morgan fingerprint density at radius 1 is 1.35 bits per heavy atom. The lowest BCUT2D eigenvalue weighted by Crippen LogP contribution is -2.13. The second-order valence-electron chi connectivity index (χ2n) is 2.99. The molecule has 0 spiro atoms. The van der Waals surface area contributed by atoms with E-state index in [0.29, 0.717) is 0 Å². The Morgan fingerprint density at radius 3 is 2.53 bits per heavy atom. The molecule has 9 heteroatoms. The standard InChI is InChI=1S/C8H6Cl2N6O/c9-6-5(7(10)13-2-12-6)14-8(17)3-1-4(11)16-15-3/h1-2H,(H,14,17)(H3,11,15,16). The highest BCUT2D eigenvalue weighted by Crippen LogP contribution is 2.26. The molecule has 4 N–H and O–H groups in total. The van der Waals surface area contributed by atoms with E-state index in [0.717, 1.165) is 0 Å². The lowest BCUT2D eigenvalue weighted by molar-refractivity contribution is 0.102. The zero-order chi connectivity index (χ0) is 12.4. The summed E-state index contributed by atoms with van der Waals surface area (Å²) in [5.41, 5.74) is 5.68. The number of halogens is 2. The minimum absolute atomic E-state index is 0.0471. The largest absolute Gasteiger partial charge is 0.382 e. The van der Waals surface area contributed by atoms with Gasteiger partial charge in [-0.3, -0.25) is 9.89 Å². The first-order chi connectivity index (χ1) is 8.08. The molecule has 1 amide bonds. The quantitative estimate of drug-likeness (QED) is 0.715. The number of nitrogens with one attached hydrogen (secondary N) is 2. The van der Waals surface area contributed by atoms with Crippen molar-refractivity contribution in [1.29, 1.82) is 0 Å². The van der Waals surface area contributed by atoms with E-state index in [-0.39, 0.29) is 27.5 Å². The van der Waals surface area contributed by atoms with Gasteiger partial charge in [-0.05, 0) is 0 Å². The first kappa shape index (κ1) is 11.6. The topological polar surface area (TPSA) is 110 Å². The Morgan fingerprint density at radius 2 is 2.00 bits per heavy atom. The van der Waals surface area contributed by atoms with Gasteiger partial charge in [-0.25, -0.2) is 9.97 Å². The molecule has 2 aromatic heterocycles. The number of H-pyrrole nitrogens is 1. The average Bonchev–Trinajstić information content (AvgIpc) is 2.70. The Balaban J connectivity index is 2.24. The van der Waals surface area contributed by atoms with E-state index in [1.54, 1.807) is 0 Å². The van der Waals surface area contributed by atoms with Crippen LogP contribution in [-0.4, -0.2) is 26.1 Å². The number of carbonyl (C=O) groups is 1. The maximum Gasteiger partial charge on any atom is 0.273 e. The molecule has 0 aliphatic carbocycles. The highest BCUT2D eigenvalue weighted by atomic mass is 35.5. The molecular formula is C8H6Cl2N6O. The van der Waals surface area contributed by atoms with E-state index in [2.05, 4.69) is 25.5 Å². The molecule has 0 atom stereocenters. The van der Waals surface area contributed by atoms with Gasteiger partial charge < -0.3 is 11.1 Å². The van der Waals surface area contributed by atoms with Crippen LogP contribution in [0.3, 0.4) is 0 Å². The van der Waals surface area contributed by atoms with E-state index < -0.39 is 5.91 Å². The Hall–Kier alpha value is -1.86. The number of aromatic nitrogens is 4. The summed E-state index contributed by atoms with van der Waals surface area (Å²) in [5, 5.41) is 8.62. The molecule has 0 radical (unpaired) electrons. The third-order valence-corrected chi connectivity index (χ3v) is 2.41. The fourth-order valence-electron chi connectivity index (χ4n) is 1.08. The first-order valence-electron chi connectivity index (χ1n) is 4.36. The number of amides is 1. The van der Waals surface area contributed by atoms with Crippen molar-refractivity contribution in [1.82, 2.24) is 20.2 Å². The Bertz CT molecular complexity index is 549. The first-order valence-corrected chi connectivity index (χ1v) is 5.11. The van der Waals surface area contributed by atoms with Crippen molar-refractivity contribution in [3.63, 3.8) is 0 Å². The number of nitrogens with zero attached hydrogens (tertiary/aromatic N) is 3. The molecule has 2 rings (SSSR count). The lowest BCUT2D eigenvalue weighted by Gasteiger charge is -2.05. The van der Waals surface area contributed by atoms with Gasteiger partial charge in [-0.2, -0.15) is 5.10 Å². The van der Waals surface area contributed by atoms with Gasteiger partial charge in [0.2, 0.25) is 0 Å². The summed E-state index contributed by atoms with van der Waals surface area (Å²) < 4.78 is 0. The van der Waals surface area contributed by atoms with Crippen LogP contribution >= 0.6 is 23.2 Å². The van der Waals surface area contributed by atoms with Crippen molar-refractivity contribution in [3.8, 4) is 0 Å². The van der Waals surface area contributed by atoms with Crippen molar-refractivity contribution in [2.75, 3.05) is 11.1 Å². The third-order valence-electron chi connectivity index (χ3n) is 1.84. The summed E-state index contributed by atoms with van der Waals surface area (Å²) in [5.74, 6) is -0.288. The third kappa shape index (κ3) is 2.45. The van der Waals surface area contributed by atoms with Crippen molar-refractivity contribution in [2.45, 2.75) is 0 Å². The highest BCUT2D eigenvalue weighted by molar-refractivity contribution is 6.38. The summed E-state index contributed by atoms with van der Waals surface area (Å²) in [6.45, 7) is 0. The van der Waals surface area contributed by atoms with Gasteiger partial charge >= 0.3 is 0 Å². The number of rotatable bonds is 2. The number of hydrogen-bond donors (Lipinski definition) is 3. The van der Waals surface area contributed by atoms with Crippen LogP contribution in [-0.2, 0) is 0 Å². The molecule has 2 aromatic rings. The van der Waals surface area contributed by atoms with Crippen molar-refractivity contribution < 1.29 is 4.79 Å². The second kappa shape index (κ2) is 4.56. The molecule has 0 saturated heterocycles. The van der Waals surface area contributed by atoms with Gasteiger partial charge in [0.15, 0.2) is 10.3 Å². The van der Waals surface area contributed by atoms with Crippen molar-refractivity contribution in [3.05, 3.63) is 28.4 Å². The molecule has 2 heterocycles. The van der Waals surface area contributed by atoms with E-state index in [1.165, 1.54) is 12.4 Å². The molecule has 7 nitrogen and oxygen atoms in total. The van der Waals surface area contributed by atoms with Crippen LogP contribution in [0.1, 0.15) is 10.5 Å². The monoisotopic (exact) mass is 272 g/mol. The van der Waals surface area contributed by atoms with E-state index in [4.69, 9.17) is 28.9 Å². The van der Waals surface area contributed by atoms with Gasteiger partial charge in [0, 0.05) is 6.07 Å². The lowest BCUT2D eigenvalue weighted by atomic mass is 10.4. The summed E-state index contributed by atoms with van der Waals surface area (Å²) in [6.07, 6.45) is 1.19. The van der Waals surface area contributed by atoms with Gasteiger partial charge in [0.25, 0.3) is 5.91 Å². The van der Waals surface area contributed by atoms with Crippen molar-refractivity contribution in [2.24, 2.45) is 0 Å². The summed E-state index contributed by atoms with van der Waals surface area (Å²) in [6, 6.07) is 1.38. The van der Waals surface area contributed by atoms with E-state index >= 15 is 0 Å². The van der Waals surface area contributed by atoms with Gasteiger partial charge in [0.05, 0.1) is 0 Å². The van der Waals surface area contributed by atoms with Gasteiger partial charge in [-0.15, -0.1) is 0 Å². The smallest absolute Gasteiger partial charge is 0.273 e. The number of hydrogen-bond acceptors (Lipinski definition) is 5. The maximum atomic E-state index is 11.7. The van der Waals surface area contributed by atoms with Crippen LogP contribution in [0.25, 0.3) is 0 Å². The van der Waals surface area contributed by atoms with Crippen molar-refractivity contribution >= 4 is 40.6 Å². The van der Waals surface area contributed by atoms with Crippen LogP contribution in [0, 0.1) is 0 Å². The Kier molecular flexibility index (Phi) is 3.12. The van der Waals surface area contributed by atoms with Gasteiger partial charge in [-0.1, -0.05) is 23.2 Å². The predicted molar refractivity (Wildman–Crippen MR) is 63.0 cm³/mol. The molecule has 17 heavy (non-hydrogen) atoms. The minimum atomic E-state index is -0.493. The Labute approximate surface area is 105 Å². The van der Waals surface area contributed by atoms with E-state index in [1.807, 2.05) is 0 Å². The summed E-state index contributed by atoms with van der Waals surface area (Å²) >= 11 is 11.5. The normalized spacial score (nSPS) is 10.2. The SMILES string of the molecule is Nc1cc(C(=O)Nc2c(Cl)ncnc2Cl)[nH]n1. The number of carbonyl (C=O) groups excluding carboxylic acids is 1. The molecule has 0 aliphatic rings. The molecule has 0 saturated carbocycles. The molecule has 0 aromatic carbocycles. The van der Waals surface area contributed by atoms with Crippen LogP contribution in [0.4, 0.5) is 11.5 Å². The summed E-state index contributed by atoms with van der Waals surface area (Å²) in [7, 11) is 0. The number of nitrogens with two attached hydrogens (primary N) is 1. The molecule has 0 unspecified atom stereocenters. The molecular weight excluding hydrogens is 267 g/mol. The van der Waals surface area contributed by atoms with Crippen LogP contribution < -0.4 is 11.1 Å². The molecule has 0 fully saturated rings. The fraction of sp³-hybridized carbons (Fsp3) is 0. The highest BCUT2D eigenvalue weighted by Gasteiger charge is 2.14. The average molecular weight is 273 g/mol. The van der Waals surface area contributed by atoms with E-state index in [9.17, 15) is 4.79 Å². The fourth-order valence-corrected chi connectivity index (χ4v) is 1.49. The summed E-state index contributed by atoms with van der Waals surface area (Å²) in [4.78, 5) is 19.1. The minimum Gasteiger partial charge on any atom is -0.382 e. The number of aromatic amines is 1. The molecule has 88 valence electrons. The predicted octanol–water partition coefficient (Wildman–Crippen LogP) is 1.34. The maximum absolute atomic E-state index is 11.7. The van der Waals surface area contributed by atoms with Crippen LogP contribution in [0.2, 0.25) is 10.3 Å². The number of nitrogen functional groups attached to an aromatic ring is 1. The number of anilines is 2. The van der Waals surface area contributed by atoms with Crippen LogP contribution in [0.15, 0.2) is 12.4 Å².